The van der Waals surface area contributed by atoms with Gasteiger partial charge in [-0.3, -0.25) is 4.98 Å². The van der Waals surface area contributed by atoms with Crippen molar-refractivity contribution in [3.8, 4) is 0 Å². The molecule has 2 heterocycles. The van der Waals surface area contributed by atoms with E-state index < -0.39 is 5.60 Å². The van der Waals surface area contributed by atoms with Crippen LogP contribution in [0.5, 0.6) is 0 Å². The van der Waals surface area contributed by atoms with Crippen LogP contribution in [0.3, 0.4) is 0 Å². The second-order valence-electron chi connectivity index (χ2n) is 9.30. The molecule has 144 valence electrons. The van der Waals surface area contributed by atoms with Gasteiger partial charge in [-0.25, -0.2) is 4.79 Å². The second-order valence-corrected chi connectivity index (χ2v) is 9.30. The second kappa shape index (κ2) is 7.58. The van der Waals surface area contributed by atoms with Crippen molar-refractivity contribution < 1.29 is 9.53 Å². The van der Waals surface area contributed by atoms with Crippen LogP contribution in [0.25, 0.3) is 0 Å². The molecule has 1 aromatic heterocycles. The summed E-state index contributed by atoms with van der Waals surface area (Å²) in [7, 11) is 0. The first kappa shape index (κ1) is 19.2. The number of rotatable bonds is 3. The lowest BCUT2D eigenvalue weighted by molar-refractivity contribution is -0.00921. The van der Waals surface area contributed by atoms with Gasteiger partial charge >= 0.3 is 6.09 Å². The summed E-state index contributed by atoms with van der Waals surface area (Å²) < 4.78 is 5.70. The molecular weight excluding hydrogens is 324 g/mol. The Morgan fingerprint density at radius 2 is 2.00 bits per heavy atom. The number of nitrogens with zero attached hydrogens (tertiary/aromatic N) is 2. The molecule has 1 atom stereocenters. The highest BCUT2D eigenvalue weighted by Gasteiger charge is 2.43. The predicted octanol–water partition coefficient (Wildman–Crippen LogP) is 5.28. The fourth-order valence-electron chi connectivity index (χ4n) is 4.70. The molecular formula is C22H34N2O2. The Bertz CT molecular complexity index is 629. The molecule has 1 spiro atoms. The van der Waals surface area contributed by atoms with Gasteiger partial charge in [0.15, 0.2) is 0 Å². The number of likely N-dealkylation sites (tertiary alicyclic amines) is 1. The van der Waals surface area contributed by atoms with E-state index in [0.717, 1.165) is 43.6 Å². The minimum absolute atomic E-state index is 0.146. The van der Waals surface area contributed by atoms with Crippen LogP contribution in [0.4, 0.5) is 4.79 Å². The van der Waals surface area contributed by atoms with Gasteiger partial charge in [-0.2, -0.15) is 0 Å². The van der Waals surface area contributed by atoms with Crippen LogP contribution in [0.15, 0.2) is 18.2 Å². The van der Waals surface area contributed by atoms with Gasteiger partial charge in [0, 0.05) is 24.0 Å². The van der Waals surface area contributed by atoms with Crippen LogP contribution >= 0.6 is 0 Å². The number of hydrogen-bond donors (Lipinski definition) is 0. The summed E-state index contributed by atoms with van der Waals surface area (Å²) in [5.41, 5.74) is 2.20. The molecule has 26 heavy (non-hydrogen) atoms. The van der Waals surface area contributed by atoms with E-state index in [0.29, 0.717) is 5.41 Å². The Morgan fingerprint density at radius 3 is 2.65 bits per heavy atom. The van der Waals surface area contributed by atoms with Crippen molar-refractivity contribution >= 4 is 6.09 Å². The van der Waals surface area contributed by atoms with Gasteiger partial charge in [0.05, 0.1) is 0 Å². The van der Waals surface area contributed by atoms with Gasteiger partial charge in [-0.15, -0.1) is 0 Å². The number of carbonyl (C=O) groups is 1. The summed E-state index contributed by atoms with van der Waals surface area (Å²) in [6, 6.07) is 6.46. The van der Waals surface area contributed by atoms with Gasteiger partial charge in [0.1, 0.15) is 5.60 Å². The van der Waals surface area contributed by atoms with Crippen LogP contribution < -0.4 is 0 Å². The Labute approximate surface area is 158 Å². The predicted molar refractivity (Wildman–Crippen MR) is 104 cm³/mol. The number of hydrogen-bond acceptors (Lipinski definition) is 3. The number of pyridine rings is 1. The lowest BCUT2D eigenvalue weighted by Crippen LogP contribution is -2.50. The first-order valence-corrected chi connectivity index (χ1v) is 10.2. The number of aromatic nitrogens is 1. The van der Waals surface area contributed by atoms with Crippen molar-refractivity contribution in [3.05, 3.63) is 29.6 Å². The number of piperidine rings is 1. The highest BCUT2D eigenvalue weighted by Crippen LogP contribution is 2.48. The van der Waals surface area contributed by atoms with Gasteiger partial charge in [0.25, 0.3) is 0 Å². The molecule has 4 heteroatoms. The molecule has 0 bridgehead atoms. The molecule has 4 nitrogen and oxygen atoms in total. The minimum atomic E-state index is -0.442. The zero-order valence-corrected chi connectivity index (χ0v) is 16.9. The smallest absolute Gasteiger partial charge is 0.410 e. The SMILES string of the molecule is Cc1cccc(CCC2CC3(CCCC3)CCN2C(=O)OC(C)(C)C)n1. The van der Waals surface area contributed by atoms with E-state index in [4.69, 9.17) is 4.74 Å². The Morgan fingerprint density at radius 1 is 1.27 bits per heavy atom. The van der Waals surface area contributed by atoms with Crippen LogP contribution in [0.2, 0.25) is 0 Å². The first-order valence-electron chi connectivity index (χ1n) is 10.2. The number of aryl methyl sites for hydroxylation is 2. The van der Waals surface area contributed by atoms with Crippen molar-refractivity contribution in [2.24, 2.45) is 5.41 Å². The van der Waals surface area contributed by atoms with Crippen molar-refractivity contribution in [2.45, 2.75) is 90.7 Å². The average molecular weight is 359 g/mol. The standard InChI is InChI=1S/C22H34N2O2/c1-17-8-7-9-18(23-17)10-11-19-16-22(12-5-6-13-22)14-15-24(19)20(25)26-21(2,3)4/h7-9,19H,5-6,10-16H2,1-4H3. The Kier molecular flexibility index (Phi) is 5.59. The summed E-state index contributed by atoms with van der Waals surface area (Å²) in [4.78, 5) is 19.4. The molecule has 1 aliphatic heterocycles. The third kappa shape index (κ3) is 4.77. The van der Waals surface area contributed by atoms with Gasteiger partial charge in [-0.05, 0) is 83.8 Å². The fourth-order valence-corrected chi connectivity index (χ4v) is 4.70. The van der Waals surface area contributed by atoms with Crippen LogP contribution in [0, 0.1) is 12.3 Å². The van der Waals surface area contributed by atoms with Crippen LogP contribution in [-0.2, 0) is 11.2 Å². The quantitative estimate of drug-likeness (QED) is 0.738. The topological polar surface area (TPSA) is 42.4 Å². The summed E-state index contributed by atoms with van der Waals surface area (Å²) in [6.45, 7) is 8.70. The van der Waals surface area contributed by atoms with Gasteiger partial charge < -0.3 is 9.64 Å². The molecule has 1 unspecified atom stereocenters. The molecule has 1 saturated carbocycles. The zero-order valence-electron chi connectivity index (χ0n) is 16.9. The molecule has 1 saturated heterocycles. The molecule has 0 N–H and O–H groups in total. The van der Waals surface area contributed by atoms with E-state index in [1.165, 1.54) is 25.7 Å². The molecule has 1 amide bonds. The largest absolute Gasteiger partial charge is 0.444 e. The first-order chi connectivity index (χ1) is 12.3. The van der Waals surface area contributed by atoms with Crippen molar-refractivity contribution in [3.63, 3.8) is 0 Å². The molecule has 2 fully saturated rings. The third-order valence-electron chi connectivity index (χ3n) is 5.96. The monoisotopic (exact) mass is 358 g/mol. The van der Waals surface area contributed by atoms with Gasteiger partial charge in [-0.1, -0.05) is 18.9 Å². The number of amides is 1. The Balaban J connectivity index is 1.71. The van der Waals surface area contributed by atoms with Crippen molar-refractivity contribution in [1.82, 2.24) is 9.88 Å². The zero-order chi connectivity index (χ0) is 18.8. The van der Waals surface area contributed by atoms with Gasteiger partial charge in [0.2, 0.25) is 0 Å². The average Bonchev–Trinajstić information content (AvgIpc) is 2.99. The van der Waals surface area contributed by atoms with E-state index in [2.05, 4.69) is 17.1 Å². The van der Waals surface area contributed by atoms with Crippen molar-refractivity contribution in [2.75, 3.05) is 6.54 Å². The molecule has 0 aromatic carbocycles. The highest BCUT2D eigenvalue weighted by molar-refractivity contribution is 5.68. The maximum absolute atomic E-state index is 12.8. The number of carbonyl (C=O) groups excluding carboxylic acids is 1. The lowest BCUT2D eigenvalue weighted by atomic mass is 9.73. The van der Waals surface area contributed by atoms with Crippen LogP contribution in [0.1, 0.15) is 77.1 Å². The Hall–Kier alpha value is -1.58. The van der Waals surface area contributed by atoms with E-state index in [-0.39, 0.29) is 12.1 Å². The molecule has 3 rings (SSSR count). The lowest BCUT2D eigenvalue weighted by Gasteiger charge is -2.45. The molecule has 1 aliphatic carbocycles. The van der Waals surface area contributed by atoms with E-state index in [9.17, 15) is 4.79 Å². The van der Waals surface area contributed by atoms with Crippen LogP contribution in [-0.4, -0.2) is 34.2 Å². The summed E-state index contributed by atoms with van der Waals surface area (Å²) in [6.07, 6.45) is 9.34. The third-order valence-corrected chi connectivity index (χ3v) is 5.96. The normalized spacial score (nSPS) is 22.6. The molecule has 2 aliphatic rings. The summed E-state index contributed by atoms with van der Waals surface area (Å²) >= 11 is 0. The number of ether oxygens (including phenoxy) is 1. The minimum Gasteiger partial charge on any atom is -0.444 e. The maximum atomic E-state index is 12.8. The van der Waals surface area contributed by atoms with E-state index in [1.807, 2.05) is 38.7 Å². The molecule has 0 radical (unpaired) electrons. The highest BCUT2D eigenvalue weighted by atomic mass is 16.6. The van der Waals surface area contributed by atoms with E-state index in [1.54, 1.807) is 0 Å². The van der Waals surface area contributed by atoms with E-state index >= 15 is 0 Å². The molecule has 1 aromatic rings. The fraction of sp³-hybridized carbons (Fsp3) is 0.727. The summed E-state index contributed by atoms with van der Waals surface area (Å²) in [5, 5.41) is 0. The summed E-state index contributed by atoms with van der Waals surface area (Å²) in [5.74, 6) is 0. The maximum Gasteiger partial charge on any atom is 0.410 e. The van der Waals surface area contributed by atoms with Crippen molar-refractivity contribution in [1.29, 1.82) is 0 Å².